The van der Waals surface area contributed by atoms with Gasteiger partial charge in [-0.3, -0.25) is 0 Å². The van der Waals surface area contributed by atoms with Gasteiger partial charge in [0.1, 0.15) is 17.2 Å². The van der Waals surface area contributed by atoms with Crippen molar-refractivity contribution < 1.29 is 82.6 Å². The Hall–Kier alpha value is -3.28. The molecule has 44 heavy (non-hydrogen) atoms. The number of aliphatic carboxylic acids is 5. The monoisotopic (exact) mass is 748 g/mol. The molecule has 0 aliphatic carbocycles. The minimum absolute atomic E-state index is 0. The third kappa shape index (κ3) is 51.5. The first-order chi connectivity index (χ1) is 19.6. The van der Waals surface area contributed by atoms with Crippen LogP contribution >= 0.6 is 8.60 Å². The maximum Gasteiger partial charge on any atom is 3.00 e. The van der Waals surface area contributed by atoms with Gasteiger partial charge in [-0.25, -0.2) is 0 Å². The van der Waals surface area contributed by atoms with Gasteiger partial charge in [-0.15, -0.1) is 0 Å². The molecule has 0 aromatic heterocycles. The van der Waals surface area contributed by atoms with Crippen LogP contribution in [0.2, 0.25) is 0 Å². The molecule has 0 heterocycles. The molecule has 0 spiro atoms. The fourth-order valence-corrected chi connectivity index (χ4v) is 2.75. The summed E-state index contributed by atoms with van der Waals surface area (Å²) in [6.07, 6.45) is 0. The molecule has 0 unspecified atom stereocenters. The minimum Gasteiger partial charge on any atom is -0.550 e. The molecule has 3 rings (SSSR count). The number of hydrogen-bond acceptors (Lipinski definition) is 13. The van der Waals surface area contributed by atoms with Crippen molar-refractivity contribution in [1.82, 2.24) is 0 Å². The maximum atomic E-state index is 8.89. The third-order valence-electron chi connectivity index (χ3n) is 2.77. The summed E-state index contributed by atoms with van der Waals surface area (Å²) >= 11 is 0. The first-order valence-corrected chi connectivity index (χ1v) is 12.5. The Labute approximate surface area is 299 Å². The molecule has 3 aromatic carbocycles. The molecule has 0 saturated carbocycles. The van der Waals surface area contributed by atoms with Gasteiger partial charge < -0.3 is 63.1 Å². The molecule has 3 aromatic rings. The SMILES string of the molecule is CC(=O)[O-].CC(=O)[O-].CC(=O)[O-].CC(=O)[O-].CC(=O)[O-].[Ca+2].[Rh+3].c1ccc(OP(Oc2ccccc2)Oc2ccccc2)cc1. The zero-order valence-electron chi connectivity index (χ0n) is 24.5. The summed E-state index contributed by atoms with van der Waals surface area (Å²) in [5, 5.41) is 44.4. The third-order valence-corrected chi connectivity index (χ3v) is 3.85. The number of benzene rings is 3. The number of carbonyl (C=O) groups excluding carboxylic acids is 5. The molecule has 0 aliphatic rings. The van der Waals surface area contributed by atoms with Crippen LogP contribution in [0, 0.1) is 0 Å². The van der Waals surface area contributed by atoms with Gasteiger partial charge in [-0.2, -0.15) is 0 Å². The fraction of sp³-hybridized carbons (Fsp3) is 0.179. The largest absolute Gasteiger partial charge is 3.00 e. The van der Waals surface area contributed by atoms with Crippen LogP contribution in [0.4, 0.5) is 0 Å². The van der Waals surface area contributed by atoms with Crippen molar-refractivity contribution in [3.63, 3.8) is 0 Å². The number of rotatable bonds is 6. The predicted molar refractivity (Wildman–Crippen MR) is 147 cm³/mol. The summed E-state index contributed by atoms with van der Waals surface area (Å²) in [6, 6.07) is 28.5. The summed E-state index contributed by atoms with van der Waals surface area (Å²) in [7, 11) is -1.59. The normalized spacial score (nSPS) is 7.95. The van der Waals surface area contributed by atoms with Crippen LogP contribution in [0.15, 0.2) is 91.0 Å². The summed E-state index contributed by atoms with van der Waals surface area (Å²) in [5.74, 6) is -3.29. The standard InChI is InChI=1S/C18H15O3P.5C2H4O2.Ca.Rh/c1-4-10-16(11-5-1)19-22(20-17-12-6-2-7-13-17)21-18-14-8-3-9-15-18;5*1-2(3)4;;/h1-15H;5*1H3,(H,3,4);;/q;;;;;;+2;+3/p-5. The van der Waals surface area contributed by atoms with Crippen molar-refractivity contribution in [2.24, 2.45) is 0 Å². The van der Waals surface area contributed by atoms with Gasteiger partial charge in [0.2, 0.25) is 0 Å². The van der Waals surface area contributed by atoms with E-state index in [2.05, 4.69) is 0 Å². The van der Waals surface area contributed by atoms with Crippen LogP contribution in [0.3, 0.4) is 0 Å². The molecule has 16 heteroatoms. The first-order valence-electron chi connectivity index (χ1n) is 11.4. The molecule has 0 saturated heterocycles. The second kappa shape index (κ2) is 34.2. The quantitative estimate of drug-likeness (QED) is 0.215. The van der Waals surface area contributed by atoms with E-state index in [-0.39, 0.29) is 57.2 Å². The van der Waals surface area contributed by atoms with Crippen LogP contribution < -0.4 is 39.1 Å². The van der Waals surface area contributed by atoms with Crippen molar-refractivity contribution in [3.8, 4) is 17.2 Å². The Morgan fingerprint density at radius 1 is 0.432 bits per heavy atom. The van der Waals surface area contributed by atoms with Crippen molar-refractivity contribution in [2.75, 3.05) is 0 Å². The molecule has 0 N–H and O–H groups in total. The van der Waals surface area contributed by atoms with E-state index in [1.165, 1.54) is 0 Å². The second-order valence-electron chi connectivity index (χ2n) is 6.89. The van der Waals surface area contributed by atoms with Crippen molar-refractivity contribution in [3.05, 3.63) is 91.0 Å². The van der Waals surface area contributed by atoms with E-state index in [0.717, 1.165) is 34.6 Å². The maximum absolute atomic E-state index is 8.89. The summed E-state index contributed by atoms with van der Waals surface area (Å²) in [5.41, 5.74) is 0. The van der Waals surface area contributed by atoms with E-state index in [1.54, 1.807) is 0 Å². The van der Waals surface area contributed by atoms with E-state index in [1.807, 2.05) is 91.0 Å². The molecule has 0 bridgehead atoms. The number of carboxylic acids is 5. The van der Waals surface area contributed by atoms with Crippen LogP contribution in [0.5, 0.6) is 17.2 Å². The summed E-state index contributed by atoms with van der Waals surface area (Å²) in [4.78, 5) is 44.4. The van der Waals surface area contributed by atoms with E-state index in [9.17, 15) is 0 Å². The van der Waals surface area contributed by atoms with Crippen LogP contribution in [-0.2, 0) is 43.5 Å². The number of hydrogen-bond donors (Lipinski definition) is 0. The molecular formula is C28H30CaO13PRh. The van der Waals surface area contributed by atoms with Gasteiger partial charge in [-0.1, -0.05) is 54.6 Å². The van der Waals surface area contributed by atoms with E-state index in [4.69, 9.17) is 63.1 Å². The number of para-hydroxylation sites is 3. The van der Waals surface area contributed by atoms with Gasteiger partial charge in [0.25, 0.3) is 0 Å². The van der Waals surface area contributed by atoms with Crippen LogP contribution in [0.1, 0.15) is 34.6 Å². The summed E-state index contributed by atoms with van der Waals surface area (Å²) < 4.78 is 17.5. The van der Waals surface area contributed by atoms with Crippen molar-refractivity contribution in [1.29, 1.82) is 0 Å². The smallest absolute Gasteiger partial charge is 0.550 e. The predicted octanol–water partition coefficient (Wildman–Crippen LogP) is -1.15. The summed E-state index contributed by atoms with van der Waals surface area (Å²) in [6.45, 7) is 4.86. The number of carboxylic acid groups (broad SMARTS) is 5. The zero-order valence-corrected chi connectivity index (χ0v) is 29.2. The van der Waals surface area contributed by atoms with Gasteiger partial charge >= 0.3 is 65.8 Å². The average Bonchev–Trinajstić information content (AvgIpc) is 2.84. The molecule has 0 atom stereocenters. The fourth-order valence-electron chi connectivity index (χ4n) is 1.76. The van der Waals surface area contributed by atoms with E-state index >= 15 is 0 Å². The Bertz CT molecular complexity index is 968. The van der Waals surface area contributed by atoms with Gasteiger partial charge in [0.15, 0.2) is 0 Å². The molecule has 0 amide bonds. The molecular weight excluding hydrogens is 718 g/mol. The average molecular weight is 748 g/mol. The van der Waals surface area contributed by atoms with Crippen molar-refractivity contribution >= 4 is 76.2 Å². The van der Waals surface area contributed by atoms with Crippen LogP contribution in [-0.4, -0.2) is 67.6 Å². The Balaban J connectivity index is -0.000000191. The van der Waals surface area contributed by atoms with Crippen molar-refractivity contribution in [2.45, 2.75) is 34.6 Å². The molecule has 0 radical (unpaired) electrons. The topological polar surface area (TPSA) is 228 Å². The Morgan fingerprint density at radius 3 is 0.705 bits per heavy atom. The van der Waals surface area contributed by atoms with E-state index < -0.39 is 38.4 Å². The second-order valence-corrected chi connectivity index (χ2v) is 7.89. The van der Waals surface area contributed by atoms with E-state index in [0.29, 0.717) is 17.2 Å². The van der Waals surface area contributed by atoms with Gasteiger partial charge in [0.05, 0.1) is 0 Å². The molecule has 13 nitrogen and oxygen atoms in total. The molecule has 0 aliphatic heterocycles. The molecule has 0 fully saturated rings. The van der Waals surface area contributed by atoms with Gasteiger partial charge in [0, 0.05) is 29.8 Å². The zero-order chi connectivity index (χ0) is 32.9. The minimum atomic E-state index is -1.59. The first kappa shape index (κ1) is 50.4. The number of carbonyl (C=O) groups is 5. The Kier molecular flexibility index (Phi) is 39.2. The Morgan fingerprint density at radius 2 is 0.568 bits per heavy atom. The molecule has 236 valence electrons. The van der Waals surface area contributed by atoms with Crippen LogP contribution in [0.25, 0.3) is 0 Å². The van der Waals surface area contributed by atoms with Gasteiger partial charge in [-0.05, 0) is 71.0 Å².